The summed E-state index contributed by atoms with van der Waals surface area (Å²) < 4.78 is 23.4. The fourth-order valence-corrected chi connectivity index (χ4v) is 4.39. The molecule has 0 bridgehead atoms. The standard InChI is InChI=1S/C24H47N5O10/c1-2-18(33)24(36-8-7-30)39-22-17(29-19(34)5-6-25)9-16(27)21(20(22)35)38-23-15(26)4-3-14(37-23)11-28-10-13(32)12-31/h3,13,15-18,20-24,28,30-33,35H,2,4-12,25-27H2,1H3,(H,29,34)/t13?,15-,16+,17-,18-,20+,21-,22+,23-,24-/m1/s1. The smallest absolute Gasteiger partial charge is 0.221 e. The number of hydrogen-bond acceptors (Lipinski definition) is 14. The maximum absolute atomic E-state index is 12.4. The zero-order chi connectivity index (χ0) is 28.9. The van der Waals surface area contributed by atoms with Gasteiger partial charge in [-0.1, -0.05) is 6.92 Å². The minimum Gasteiger partial charge on any atom is -0.467 e. The van der Waals surface area contributed by atoms with Gasteiger partial charge in [0.2, 0.25) is 12.2 Å². The number of carbonyl (C=O) groups excluding carboxylic acids is 1. The number of hydrogen-bond donors (Lipinski definition) is 10. The Labute approximate surface area is 228 Å². The third-order valence-electron chi connectivity index (χ3n) is 6.55. The molecule has 0 saturated heterocycles. The normalized spacial score (nSPS) is 31.6. The first-order valence-corrected chi connectivity index (χ1v) is 13.4. The molecule has 1 fully saturated rings. The summed E-state index contributed by atoms with van der Waals surface area (Å²) in [5, 5.41) is 55.2. The van der Waals surface area contributed by atoms with Crippen molar-refractivity contribution >= 4 is 5.91 Å². The largest absolute Gasteiger partial charge is 0.467 e. The van der Waals surface area contributed by atoms with Crippen LogP contribution in [-0.4, -0.2) is 132 Å². The fraction of sp³-hybridized carbons (Fsp3) is 0.875. The molecule has 1 aliphatic carbocycles. The van der Waals surface area contributed by atoms with Gasteiger partial charge < -0.3 is 72.3 Å². The zero-order valence-corrected chi connectivity index (χ0v) is 22.4. The molecule has 0 spiro atoms. The van der Waals surface area contributed by atoms with E-state index in [9.17, 15) is 25.2 Å². The summed E-state index contributed by atoms with van der Waals surface area (Å²) in [7, 11) is 0. The third kappa shape index (κ3) is 10.5. The van der Waals surface area contributed by atoms with E-state index in [4.69, 9.17) is 41.3 Å². The van der Waals surface area contributed by atoms with Crippen LogP contribution in [0.4, 0.5) is 0 Å². The molecule has 15 nitrogen and oxygen atoms in total. The van der Waals surface area contributed by atoms with Gasteiger partial charge in [-0.2, -0.15) is 0 Å². The quantitative estimate of drug-likeness (QED) is 0.0749. The van der Waals surface area contributed by atoms with Crippen LogP contribution in [-0.2, 0) is 23.7 Å². The average molecular weight is 566 g/mol. The maximum atomic E-state index is 12.4. The molecule has 2 rings (SSSR count). The molecule has 13 N–H and O–H groups in total. The van der Waals surface area contributed by atoms with E-state index in [1.807, 2.05) is 0 Å². The lowest BCUT2D eigenvalue weighted by atomic mass is 9.83. The number of nitrogens with one attached hydrogen (secondary N) is 2. The summed E-state index contributed by atoms with van der Waals surface area (Å²) in [6.07, 6.45) is -4.97. The summed E-state index contributed by atoms with van der Waals surface area (Å²) in [5.74, 6) is 0.152. The van der Waals surface area contributed by atoms with Crippen LogP contribution in [0.2, 0.25) is 0 Å². The molecule has 0 aromatic rings. The molecule has 1 saturated carbocycles. The Hall–Kier alpha value is -1.47. The lowest BCUT2D eigenvalue weighted by Gasteiger charge is -2.46. The van der Waals surface area contributed by atoms with Crippen molar-refractivity contribution in [2.45, 2.75) is 93.8 Å². The van der Waals surface area contributed by atoms with Crippen molar-refractivity contribution in [2.24, 2.45) is 17.2 Å². The van der Waals surface area contributed by atoms with E-state index in [1.54, 1.807) is 13.0 Å². The van der Waals surface area contributed by atoms with Gasteiger partial charge in [-0.3, -0.25) is 4.79 Å². The van der Waals surface area contributed by atoms with Crippen molar-refractivity contribution in [1.82, 2.24) is 10.6 Å². The highest BCUT2D eigenvalue weighted by atomic mass is 16.7. The van der Waals surface area contributed by atoms with Crippen LogP contribution in [0.5, 0.6) is 0 Å². The van der Waals surface area contributed by atoms with Crippen molar-refractivity contribution < 1.29 is 49.3 Å². The molecule has 1 heterocycles. The molecular formula is C24H47N5O10. The second-order valence-electron chi connectivity index (χ2n) is 9.77. The number of amides is 1. The first kappa shape index (κ1) is 33.7. The van der Waals surface area contributed by atoms with Gasteiger partial charge in [0.05, 0.1) is 44.6 Å². The van der Waals surface area contributed by atoms with E-state index >= 15 is 0 Å². The van der Waals surface area contributed by atoms with Crippen molar-refractivity contribution in [1.29, 1.82) is 0 Å². The van der Waals surface area contributed by atoms with Crippen LogP contribution in [0.3, 0.4) is 0 Å². The molecule has 2 aliphatic rings. The van der Waals surface area contributed by atoms with E-state index in [0.717, 1.165) is 0 Å². The molecule has 1 amide bonds. The molecule has 1 unspecified atom stereocenters. The van der Waals surface area contributed by atoms with Gasteiger partial charge in [0.15, 0.2) is 6.29 Å². The predicted molar refractivity (Wildman–Crippen MR) is 139 cm³/mol. The molecule has 228 valence electrons. The summed E-state index contributed by atoms with van der Waals surface area (Å²) in [4.78, 5) is 12.4. The Morgan fingerprint density at radius 3 is 2.62 bits per heavy atom. The van der Waals surface area contributed by atoms with Crippen LogP contribution in [0.25, 0.3) is 0 Å². The topological polar surface area (TPSA) is 257 Å². The summed E-state index contributed by atoms with van der Waals surface area (Å²) in [5.41, 5.74) is 18.1. The Morgan fingerprint density at radius 2 is 1.97 bits per heavy atom. The van der Waals surface area contributed by atoms with Crippen LogP contribution in [0.15, 0.2) is 11.8 Å². The van der Waals surface area contributed by atoms with Crippen LogP contribution < -0.4 is 27.8 Å². The molecule has 1 aliphatic heterocycles. The van der Waals surface area contributed by atoms with Crippen LogP contribution in [0.1, 0.15) is 32.6 Å². The lowest BCUT2D eigenvalue weighted by molar-refractivity contribution is -0.270. The summed E-state index contributed by atoms with van der Waals surface area (Å²) in [6, 6.07) is -2.07. The second kappa shape index (κ2) is 17.4. The van der Waals surface area contributed by atoms with Crippen molar-refractivity contribution in [3.63, 3.8) is 0 Å². The van der Waals surface area contributed by atoms with Gasteiger partial charge in [-0.05, 0) is 25.3 Å². The first-order valence-electron chi connectivity index (χ1n) is 13.4. The maximum Gasteiger partial charge on any atom is 0.221 e. The number of aliphatic hydroxyl groups excluding tert-OH is 5. The van der Waals surface area contributed by atoms with Gasteiger partial charge in [0.25, 0.3) is 0 Å². The highest BCUT2D eigenvalue weighted by Gasteiger charge is 2.48. The molecule has 39 heavy (non-hydrogen) atoms. The van der Waals surface area contributed by atoms with E-state index in [0.29, 0.717) is 12.2 Å². The SMILES string of the molecule is CC[C@@H](O)[C@H](OCCO)O[C@@H]1[C@@H](O)[C@H](O[C@H]2OC(CNCC(O)CO)=CC[C@H]2N)[C@@H](N)C[C@H]1NC(=O)CCN. The van der Waals surface area contributed by atoms with Gasteiger partial charge in [0.1, 0.15) is 30.2 Å². The molecule has 0 radical (unpaired) electrons. The Bertz CT molecular complexity index is 750. The van der Waals surface area contributed by atoms with E-state index in [2.05, 4.69) is 10.6 Å². The lowest BCUT2D eigenvalue weighted by Crippen LogP contribution is -2.66. The minimum absolute atomic E-state index is 0.0553. The number of ether oxygens (including phenoxy) is 4. The van der Waals surface area contributed by atoms with Gasteiger partial charge in [-0.25, -0.2) is 0 Å². The molecule has 0 aromatic carbocycles. The number of carbonyl (C=O) groups is 1. The van der Waals surface area contributed by atoms with Crippen molar-refractivity contribution in [3.8, 4) is 0 Å². The number of rotatable bonds is 17. The van der Waals surface area contributed by atoms with Crippen molar-refractivity contribution in [2.75, 3.05) is 39.5 Å². The van der Waals surface area contributed by atoms with Crippen LogP contribution >= 0.6 is 0 Å². The van der Waals surface area contributed by atoms with Crippen LogP contribution in [0, 0.1) is 0 Å². The van der Waals surface area contributed by atoms with E-state index in [-0.39, 0.29) is 64.6 Å². The highest BCUT2D eigenvalue weighted by molar-refractivity contribution is 5.76. The Kier molecular flexibility index (Phi) is 15.0. The van der Waals surface area contributed by atoms with E-state index < -0.39 is 61.2 Å². The van der Waals surface area contributed by atoms with Gasteiger partial charge in [-0.15, -0.1) is 0 Å². The predicted octanol–water partition coefficient (Wildman–Crippen LogP) is -4.31. The fourth-order valence-electron chi connectivity index (χ4n) is 4.39. The molecule has 10 atom stereocenters. The second-order valence-corrected chi connectivity index (χ2v) is 9.77. The number of aliphatic hydroxyl groups is 5. The highest BCUT2D eigenvalue weighted by Crippen LogP contribution is 2.29. The van der Waals surface area contributed by atoms with Crippen molar-refractivity contribution in [3.05, 3.63) is 11.8 Å². The molecule has 15 heteroatoms. The minimum atomic E-state index is -1.39. The van der Waals surface area contributed by atoms with Gasteiger partial charge >= 0.3 is 0 Å². The summed E-state index contributed by atoms with van der Waals surface area (Å²) in [6.45, 7) is 1.45. The number of nitrogens with two attached hydrogens (primary N) is 3. The average Bonchev–Trinajstić information content (AvgIpc) is 2.91. The van der Waals surface area contributed by atoms with E-state index in [1.165, 1.54) is 0 Å². The monoisotopic (exact) mass is 565 g/mol. The summed E-state index contributed by atoms with van der Waals surface area (Å²) >= 11 is 0. The molecule has 0 aromatic heterocycles. The molecular weight excluding hydrogens is 518 g/mol. The zero-order valence-electron chi connectivity index (χ0n) is 22.4. The third-order valence-corrected chi connectivity index (χ3v) is 6.55. The Morgan fingerprint density at radius 1 is 1.23 bits per heavy atom. The first-order chi connectivity index (χ1) is 18.6. The van der Waals surface area contributed by atoms with Gasteiger partial charge in [0, 0.05) is 25.6 Å². The Balaban J connectivity index is 2.17.